The third-order valence-electron chi connectivity index (χ3n) is 4.87. The van der Waals surface area contributed by atoms with Crippen LogP contribution in [-0.4, -0.2) is 41.5 Å². The molecule has 0 spiro atoms. The average Bonchev–Trinajstić information content (AvgIpc) is 2.65. The molecule has 0 radical (unpaired) electrons. The zero-order valence-electron chi connectivity index (χ0n) is 17.3. The molecule has 0 unspecified atom stereocenters. The van der Waals surface area contributed by atoms with Crippen LogP contribution in [0.4, 0.5) is 11.4 Å². The van der Waals surface area contributed by atoms with Crippen molar-refractivity contribution in [3.63, 3.8) is 0 Å². The van der Waals surface area contributed by atoms with Gasteiger partial charge in [0.1, 0.15) is 0 Å². The molecule has 1 aliphatic heterocycles. The summed E-state index contributed by atoms with van der Waals surface area (Å²) in [6, 6.07) is 9.26. The lowest BCUT2D eigenvalue weighted by molar-refractivity contribution is -0.134. The lowest BCUT2D eigenvalue weighted by Crippen LogP contribution is -2.39. The van der Waals surface area contributed by atoms with E-state index in [1.165, 1.54) is 16.7 Å². The number of benzene rings is 2. The SMILES string of the molecule is Cc1cc(C)c(NC(=O)CN(C)C(=O)C[C@@H]2Sc3ccc(Cl)cc3NC2=O)c(C)c1. The summed E-state index contributed by atoms with van der Waals surface area (Å²) in [5.41, 5.74) is 4.50. The molecule has 0 aromatic heterocycles. The highest BCUT2D eigenvalue weighted by Gasteiger charge is 2.30. The Morgan fingerprint density at radius 1 is 1.17 bits per heavy atom. The fourth-order valence-electron chi connectivity index (χ4n) is 3.43. The predicted octanol–water partition coefficient (Wildman–Crippen LogP) is 4.17. The van der Waals surface area contributed by atoms with Crippen molar-refractivity contribution < 1.29 is 14.4 Å². The van der Waals surface area contributed by atoms with Crippen LogP contribution in [0.5, 0.6) is 0 Å². The van der Waals surface area contributed by atoms with E-state index < -0.39 is 5.25 Å². The Morgan fingerprint density at radius 3 is 2.50 bits per heavy atom. The van der Waals surface area contributed by atoms with Crippen molar-refractivity contribution in [2.24, 2.45) is 0 Å². The first-order chi connectivity index (χ1) is 14.1. The molecule has 6 nitrogen and oxygen atoms in total. The van der Waals surface area contributed by atoms with E-state index in [0.29, 0.717) is 10.7 Å². The van der Waals surface area contributed by atoms with Crippen molar-refractivity contribution >= 4 is 52.5 Å². The highest BCUT2D eigenvalue weighted by atomic mass is 35.5. The molecule has 0 saturated carbocycles. The maximum absolute atomic E-state index is 12.6. The maximum Gasteiger partial charge on any atom is 0.243 e. The molecule has 2 N–H and O–H groups in total. The summed E-state index contributed by atoms with van der Waals surface area (Å²) in [6.45, 7) is 5.80. The average molecular weight is 446 g/mol. The lowest BCUT2D eigenvalue weighted by atomic mass is 10.1. The number of fused-ring (bicyclic) bond motifs is 1. The molecule has 0 aliphatic carbocycles. The smallest absolute Gasteiger partial charge is 0.243 e. The van der Waals surface area contributed by atoms with Gasteiger partial charge in [0.05, 0.1) is 17.5 Å². The van der Waals surface area contributed by atoms with Gasteiger partial charge in [-0.2, -0.15) is 0 Å². The Labute approximate surface area is 185 Å². The van der Waals surface area contributed by atoms with Crippen LogP contribution in [0, 0.1) is 20.8 Å². The van der Waals surface area contributed by atoms with E-state index in [4.69, 9.17) is 11.6 Å². The second-order valence-corrected chi connectivity index (χ2v) is 9.19. The first-order valence-corrected chi connectivity index (χ1v) is 10.8. The van der Waals surface area contributed by atoms with Gasteiger partial charge in [-0.25, -0.2) is 0 Å². The van der Waals surface area contributed by atoms with Gasteiger partial charge >= 0.3 is 0 Å². The minimum Gasteiger partial charge on any atom is -0.336 e. The molecule has 1 heterocycles. The molecule has 3 amide bonds. The molecule has 2 aromatic rings. The molecule has 158 valence electrons. The number of nitrogens with one attached hydrogen (secondary N) is 2. The molecule has 3 rings (SSSR count). The molecule has 0 fully saturated rings. The van der Waals surface area contributed by atoms with Crippen LogP contribution < -0.4 is 10.6 Å². The minimum atomic E-state index is -0.557. The highest BCUT2D eigenvalue weighted by Crippen LogP contribution is 2.38. The second kappa shape index (κ2) is 9.10. The minimum absolute atomic E-state index is 0.00489. The number of rotatable bonds is 5. The number of nitrogens with zero attached hydrogens (tertiary/aromatic N) is 1. The number of carbonyl (C=O) groups is 3. The van der Waals surface area contributed by atoms with Crippen molar-refractivity contribution in [2.45, 2.75) is 37.3 Å². The number of likely N-dealkylation sites (N-methyl/N-ethyl adjacent to an activating group) is 1. The van der Waals surface area contributed by atoms with E-state index in [2.05, 4.69) is 10.6 Å². The number of anilines is 2. The van der Waals surface area contributed by atoms with E-state index in [-0.39, 0.29) is 30.7 Å². The van der Waals surface area contributed by atoms with Gasteiger partial charge < -0.3 is 15.5 Å². The molecule has 0 bridgehead atoms. The first kappa shape index (κ1) is 22.2. The molecular formula is C22H24ClN3O3S. The van der Waals surface area contributed by atoms with Gasteiger partial charge in [-0.1, -0.05) is 29.3 Å². The topological polar surface area (TPSA) is 78.5 Å². The van der Waals surface area contributed by atoms with E-state index in [9.17, 15) is 14.4 Å². The summed E-state index contributed by atoms with van der Waals surface area (Å²) in [4.78, 5) is 39.7. The fourth-order valence-corrected chi connectivity index (χ4v) is 4.69. The second-order valence-electron chi connectivity index (χ2n) is 7.51. The maximum atomic E-state index is 12.6. The van der Waals surface area contributed by atoms with Crippen LogP contribution >= 0.6 is 23.4 Å². The van der Waals surface area contributed by atoms with Gasteiger partial charge in [0.15, 0.2) is 0 Å². The van der Waals surface area contributed by atoms with Crippen LogP contribution in [0.3, 0.4) is 0 Å². The van der Waals surface area contributed by atoms with Crippen molar-refractivity contribution in [3.05, 3.63) is 52.0 Å². The Balaban J connectivity index is 1.59. The van der Waals surface area contributed by atoms with Crippen LogP contribution in [0.15, 0.2) is 35.2 Å². The highest BCUT2D eigenvalue weighted by molar-refractivity contribution is 8.01. The lowest BCUT2D eigenvalue weighted by Gasteiger charge is -2.25. The molecule has 2 aromatic carbocycles. The molecule has 1 aliphatic rings. The predicted molar refractivity (Wildman–Crippen MR) is 121 cm³/mol. The standard InChI is InChI=1S/C22H24ClN3O3S/c1-12-7-13(2)21(14(3)8-12)25-19(27)11-26(4)20(28)10-18-22(29)24-16-9-15(23)5-6-17(16)30-18/h5-9,18H,10-11H2,1-4H3,(H,24,29)(H,25,27)/t18-/m0/s1. The summed E-state index contributed by atoms with van der Waals surface area (Å²) < 4.78 is 0. The summed E-state index contributed by atoms with van der Waals surface area (Å²) in [5, 5.41) is 5.66. The number of aryl methyl sites for hydroxylation is 3. The van der Waals surface area contributed by atoms with Gasteiger partial charge in [0, 0.05) is 29.1 Å². The number of hydrogen-bond acceptors (Lipinski definition) is 4. The molecule has 1 atom stereocenters. The summed E-state index contributed by atoms with van der Waals surface area (Å²) in [6.07, 6.45) is 0.00489. The molecular weight excluding hydrogens is 422 g/mol. The number of halogens is 1. The molecule has 30 heavy (non-hydrogen) atoms. The zero-order chi connectivity index (χ0) is 22.0. The summed E-state index contributed by atoms with van der Waals surface area (Å²) in [5.74, 6) is -0.791. The quantitative estimate of drug-likeness (QED) is 0.724. The first-order valence-electron chi connectivity index (χ1n) is 9.52. The van der Waals surface area contributed by atoms with Crippen molar-refractivity contribution in [2.75, 3.05) is 24.2 Å². The van der Waals surface area contributed by atoms with Crippen LogP contribution in [0.25, 0.3) is 0 Å². The van der Waals surface area contributed by atoms with Gasteiger partial charge in [-0.3, -0.25) is 14.4 Å². The molecule has 0 saturated heterocycles. The van der Waals surface area contributed by atoms with Crippen molar-refractivity contribution in [3.8, 4) is 0 Å². The zero-order valence-corrected chi connectivity index (χ0v) is 18.9. The normalized spacial score (nSPS) is 15.2. The van der Waals surface area contributed by atoms with Gasteiger partial charge in [0.25, 0.3) is 0 Å². The van der Waals surface area contributed by atoms with Crippen LogP contribution in [0.2, 0.25) is 5.02 Å². The Bertz CT molecular complexity index is 1000. The van der Waals surface area contributed by atoms with Gasteiger partial charge in [-0.05, 0) is 50.1 Å². The third kappa shape index (κ3) is 5.15. The summed E-state index contributed by atoms with van der Waals surface area (Å²) >= 11 is 7.29. The summed E-state index contributed by atoms with van der Waals surface area (Å²) in [7, 11) is 1.57. The van der Waals surface area contributed by atoms with Crippen LogP contribution in [0.1, 0.15) is 23.1 Å². The Morgan fingerprint density at radius 2 is 1.83 bits per heavy atom. The van der Waals surface area contributed by atoms with E-state index in [0.717, 1.165) is 27.3 Å². The number of carbonyl (C=O) groups excluding carboxylic acids is 3. The number of thioether (sulfide) groups is 1. The van der Waals surface area contributed by atoms with Gasteiger partial charge in [-0.15, -0.1) is 11.8 Å². The Kier molecular flexibility index (Phi) is 6.73. The Hall–Kier alpha value is -2.51. The monoisotopic (exact) mass is 445 g/mol. The van der Waals surface area contributed by atoms with E-state index in [1.807, 2.05) is 39.0 Å². The fraction of sp³-hybridized carbons (Fsp3) is 0.318. The van der Waals surface area contributed by atoms with Crippen molar-refractivity contribution in [1.82, 2.24) is 4.90 Å². The van der Waals surface area contributed by atoms with Gasteiger partial charge in [0.2, 0.25) is 17.7 Å². The molecule has 8 heteroatoms. The van der Waals surface area contributed by atoms with Crippen LogP contribution in [-0.2, 0) is 14.4 Å². The van der Waals surface area contributed by atoms with E-state index >= 15 is 0 Å². The number of amides is 3. The largest absolute Gasteiger partial charge is 0.336 e. The third-order valence-corrected chi connectivity index (χ3v) is 6.38. The van der Waals surface area contributed by atoms with Crippen molar-refractivity contribution in [1.29, 1.82) is 0 Å². The van der Waals surface area contributed by atoms with E-state index in [1.54, 1.807) is 19.2 Å². The number of hydrogen-bond donors (Lipinski definition) is 2.